The topological polar surface area (TPSA) is 56.7 Å². The lowest BCUT2D eigenvalue weighted by Crippen LogP contribution is -2.40. The fraction of sp³-hybridized carbons (Fsp3) is 0.524. The summed E-state index contributed by atoms with van der Waals surface area (Å²) < 4.78 is 57.3. The van der Waals surface area contributed by atoms with Gasteiger partial charge >= 0.3 is 0 Å². The summed E-state index contributed by atoms with van der Waals surface area (Å²) >= 11 is 0. The molecule has 0 saturated carbocycles. The van der Waals surface area contributed by atoms with Crippen molar-refractivity contribution in [1.82, 2.24) is 14.9 Å². The van der Waals surface area contributed by atoms with Gasteiger partial charge in [-0.05, 0) is 26.7 Å². The SMILES string of the molecule is Cc1cc(OC2CCN(C(C)c3nc4c(cc3F)OCCO4)CC2)cc(C(F)F)n1. The molecule has 0 radical (unpaired) electrons. The molecule has 0 amide bonds. The molecule has 30 heavy (non-hydrogen) atoms. The van der Waals surface area contributed by atoms with Crippen LogP contribution in [0.1, 0.15) is 49.3 Å². The van der Waals surface area contributed by atoms with Crippen LogP contribution in [-0.4, -0.2) is 47.3 Å². The van der Waals surface area contributed by atoms with Gasteiger partial charge in [0.05, 0.1) is 11.7 Å². The number of halogens is 3. The van der Waals surface area contributed by atoms with Gasteiger partial charge in [0.2, 0.25) is 0 Å². The lowest BCUT2D eigenvalue weighted by molar-refractivity contribution is 0.0762. The highest BCUT2D eigenvalue weighted by atomic mass is 19.3. The highest BCUT2D eigenvalue weighted by Gasteiger charge is 2.29. The van der Waals surface area contributed by atoms with Crippen molar-refractivity contribution in [2.75, 3.05) is 26.3 Å². The molecule has 4 heterocycles. The predicted octanol–water partition coefficient (Wildman–Crippen LogP) is 4.24. The van der Waals surface area contributed by atoms with Crippen molar-refractivity contribution < 1.29 is 27.4 Å². The summed E-state index contributed by atoms with van der Waals surface area (Å²) in [7, 11) is 0. The average molecular weight is 423 g/mol. The first-order valence-corrected chi connectivity index (χ1v) is 10.0. The van der Waals surface area contributed by atoms with Gasteiger partial charge in [0.1, 0.15) is 36.6 Å². The molecule has 2 aromatic rings. The Labute approximate surface area is 173 Å². The molecule has 9 heteroatoms. The van der Waals surface area contributed by atoms with Crippen molar-refractivity contribution in [3.8, 4) is 17.4 Å². The molecule has 2 aliphatic rings. The Kier molecular flexibility index (Phi) is 5.99. The van der Waals surface area contributed by atoms with Crippen LogP contribution in [0.15, 0.2) is 18.2 Å². The van der Waals surface area contributed by atoms with E-state index >= 15 is 0 Å². The van der Waals surface area contributed by atoms with Gasteiger partial charge in [-0.3, -0.25) is 9.88 Å². The molecular weight excluding hydrogens is 399 g/mol. The van der Waals surface area contributed by atoms with Gasteiger partial charge < -0.3 is 14.2 Å². The number of fused-ring (bicyclic) bond motifs is 1. The van der Waals surface area contributed by atoms with E-state index in [2.05, 4.69) is 14.9 Å². The van der Waals surface area contributed by atoms with E-state index in [1.54, 1.807) is 13.0 Å². The number of aryl methyl sites for hydroxylation is 1. The predicted molar refractivity (Wildman–Crippen MR) is 103 cm³/mol. The molecule has 1 unspecified atom stereocenters. The van der Waals surface area contributed by atoms with Crippen LogP contribution in [0.3, 0.4) is 0 Å². The molecule has 0 aliphatic carbocycles. The molecule has 6 nitrogen and oxygen atoms in total. The van der Waals surface area contributed by atoms with Gasteiger partial charge in [0.25, 0.3) is 12.3 Å². The van der Waals surface area contributed by atoms with Crippen molar-refractivity contribution in [2.45, 2.75) is 45.3 Å². The van der Waals surface area contributed by atoms with E-state index in [9.17, 15) is 13.2 Å². The highest BCUT2D eigenvalue weighted by Crippen LogP contribution is 2.34. The second kappa shape index (κ2) is 8.67. The van der Waals surface area contributed by atoms with E-state index in [4.69, 9.17) is 14.2 Å². The van der Waals surface area contributed by atoms with Gasteiger partial charge in [0, 0.05) is 37.0 Å². The number of nitrogens with zero attached hydrogens (tertiary/aromatic N) is 3. The fourth-order valence-corrected chi connectivity index (χ4v) is 3.85. The molecule has 1 atom stereocenters. The van der Waals surface area contributed by atoms with E-state index in [1.807, 2.05) is 6.92 Å². The summed E-state index contributed by atoms with van der Waals surface area (Å²) in [5, 5.41) is 0. The lowest BCUT2D eigenvalue weighted by atomic mass is 10.0. The molecule has 2 aliphatic heterocycles. The molecule has 0 spiro atoms. The van der Waals surface area contributed by atoms with Crippen LogP contribution in [-0.2, 0) is 0 Å². The molecule has 1 saturated heterocycles. The fourth-order valence-electron chi connectivity index (χ4n) is 3.85. The van der Waals surface area contributed by atoms with Crippen LogP contribution >= 0.6 is 0 Å². The zero-order chi connectivity index (χ0) is 21.3. The molecule has 162 valence electrons. The minimum Gasteiger partial charge on any atom is -0.490 e. The van der Waals surface area contributed by atoms with Crippen molar-refractivity contribution in [3.05, 3.63) is 41.1 Å². The largest absolute Gasteiger partial charge is 0.490 e. The number of aromatic nitrogens is 2. The summed E-state index contributed by atoms with van der Waals surface area (Å²) in [4.78, 5) is 10.3. The third kappa shape index (κ3) is 4.45. The molecule has 0 N–H and O–H groups in total. The van der Waals surface area contributed by atoms with E-state index in [-0.39, 0.29) is 17.8 Å². The minimum atomic E-state index is -2.64. The third-order valence-corrected chi connectivity index (χ3v) is 5.41. The quantitative estimate of drug-likeness (QED) is 0.717. The van der Waals surface area contributed by atoms with Crippen LogP contribution in [0.2, 0.25) is 0 Å². The van der Waals surface area contributed by atoms with Gasteiger partial charge in [0.15, 0.2) is 5.75 Å². The summed E-state index contributed by atoms with van der Waals surface area (Å²) in [6.07, 6.45) is -1.34. The first-order valence-electron chi connectivity index (χ1n) is 10.0. The Morgan fingerprint density at radius 1 is 1.10 bits per heavy atom. The highest BCUT2D eigenvalue weighted by molar-refractivity contribution is 5.37. The molecule has 4 rings (SSSR count). The number of rotatable bonds is 5. The van der Waals surface area contributed by atoms with Crippen LogP contribution < -0.4 is 14.2 Å². The van der Waals surface area contributed by atoms with Crippen molar-refractivity contribution >= 4 is 0 Å². The molecule has 0 aromatic carbocycles. The lowest BCUT2D eigenvalue weighted by Gasteiger charge is -2.36. The van der Waals surface area contributed by atoms with E-state index in [0.29, 0.717) is 67.9 Å². The van der Waals surface area contributed by atoms with Crippen LogP contribution in [0.4, 0.5) is 13.2 Å². The number of pyridine rings is 2. The Balaban J connectivity index is 1.39. The van der Waals surface area contributed by atoms with E-state index in [1.165, 1.54) is 12.1 Å². The van der Waals surface area contributed by atoms with Crippen LogP contribution in [0.25, 0.3) is 0 Å². The monoisotopic (exact) mass is 423 g/mol. The zero-order valence-electron chi connectivity index (χ0n) is 16.9. The summed E-state index contributed by atoms with van der Waals surface area (Å²) in [6, 6.07) is 4.04. The number of hydrogen-bond acceptors (Lipinski definition) is 6. The number of alkyl halides is 2. The Morgan fingerprint density at radius 2 is 1.83 bits per heavy atom. The normalized spacial score (nSPS) is 18.5. The third-order valence-electron chi connectivity index (χ3n) is 5.41. The van der Waals surface area contributed by atoms with E-state index < -0.39 is 12.2 Å². The Hall–Kier alpha value is -2.55. The van der Waals surface area contributed by atoms with Gasteiger partial charge in [-0.25, -0.2) is 18.2 Å². The second-order valence-corrected chi connectivity index (χ2v) is 7.55. The van der Waals surface area contributed by atoms with Crippen molar-refractivity contribution in [1.29, 1.82) is 0 Å². The number of hydrogen-bond donors (Lipinski definition) is 0. The molecule has 0 bridgehead atoms. The van der Waals surface area contributed by atoms with Gasteiger partial charge in [-0.2, -0.15) is 0 Å². The Bertz CT molecular complexity index is 905. The van der Waals surface area contributed by atoms with Crippen LogP contribution in [0, 0.1) is 12.7 Å². The number of likely N-dealkylation sites (tertiary alicyclic amines) is 1. The molecule has 1 fully saturated rings. The first kappa shape index (κ1) is 20.7. The Morgan fingerprint density at radius 3 is 2.57 bits per heavy atom. The maximum atomic E-state index is 14.6. The average Bonchev–Trinajstić information content (AvgIpc) is 2.73. The summed E-state index contributed by atoms with van der Waals surface area (Å²) in [5.74, 6) is 0.643. The van der Waals surface area contributed by atoms with Gasteiger partial charge in [-0.1, -0.05) is 0 Å². The summed E-state index contributed by atoms with van der Waals surface area (Å²) in [5.41, 5.74) is 0.537. The van der Waals surface area contributed by atoms with E-state index in [0.717, 1.165) is 0 Å². The number of ether oxygens (including phenoxy) is 3. The standard InChI is InChI=1S/C21H24F3N3O3/c1-12-9-15(10-17(25-12)20(23)24)30-14-3-5-27(6-4-14)13(2)19-16(22)11-18-21(26-19)29-8-7-28-18/h9-11,13-14,20H,3-8H2,1-2H3. The molecule has 2 aromatic heterocycles. The van der Waals surface area contributed by atoms with Crippen LogP contribution in [0.5, 0.6) is 17.4 Å². The maximum Gasteiger partial charge on any atom is 0.280 e. The second-order valence-electron chi connectivity index (χ2n) is 7.55. The van der Waals surface area contributed by atoms with Gasteiger partial charge in [-0.15, -0.1) is 0 Å². The molecular formula is C21H24F3N3O3. The summed E-state index contributed by atoms with van der Waals surface area (Å²) in [6.45, 7) is 5.69. The minimum absolute atomic E-state index is 0.0983. The smallest absolute Gasteiger partial charge is 0.280 e. The van der Waals surface area contributed by atoms with Crippen molar-refractivity contribution in [2.24, 2.45) is 0 Å². The number of piperidine rings is 1. The van der Waals surface area contributed by atoms with Crippen molar-refractivity contribution in [3.63, 3.8) is 0 Å². The first-order chi connectivity index (χ1) is 14.4. The zero-order valence-corrected chi connectivity index (χ0v) is 16.9. The maximum absolute atomic E-state index is 14.6.